The van der Waals surface area contributed by atoms with Gasteiger partial charge in [-0.05, 0) is 30.7 Å². The van der Waals surface area contributed by atoms with Gasteiger partial charge in [-0.15, -0.1) is 0 Å². The predicted octanol–water partition coefficient (Wildman–Crippen LogP) is 2.83. The zero-order chi connectivity index (χ0) is 13.1. The quantitative estimate of drug-likeness (QED) is 0.850. The van der Waals surface area contributed by atoms with Crippen LogP contribution in [0.25, 0.3) is 0 Å². The SMILES string of the molecule is Cc1cnc(Cl)c(NC(=O)c2cccc(F)n2)c1. The van der Waals surface area contributed by atoms with Crippen LogP contribution in [0, 0.1) is 12.9 Å². The molecule has 1 amide bonds. The van der Waals surface area contributed by atoms with E-state index >= 15 is 0 Å². The summed E-state index contributed by atoms with van der Waals surface area (Å²) in [5, 5.41) is 2.70. The topological polar surface area (TPSA) is 54.9 Å². The van der Waals surface area contributed by atoms with Crippen molar-refractivity contribution in [2.24, 2.45) is 0 Å². The zero-order valence-corrected chi connectivity index (χ0v) is 10.2. The van der Waals surface area contributed by atoms with Gasteiger partial charge in [0.15, 0.2) is 5.15 Å². The molecule has 0 bridgehead atoms. The second kappa shape index (κ2) is 5.10. The van der Waals surface area contributed by atoms with Crippen molar-refractivity contribution in [3.8, 4) is 0 Å². The molecule has 0 aliphatic rings. The summed E-state index contributed by atoms with van der Waals surface area (Å²) in [6.45, 7) is 1.82. The van der Waals surface area contributed by atoms with Crippen LogP contribution in [0.4, 0.5) is 10.1 Å². The first-order valence-corrected chi connectivity index (χ1v) is 5.50. The van der Waals surface area contributed by atoms with Crippen LogP contribution in [-0.4, -0.2) is 15.9 Å². The van der Waals surface area contributed by atoms with Crippen molar-refractivity contribution in [2.75, 3.05) is 5.32 Å². The number of nitrogens with zero attached hydrogens (tertiary/aromatic N) is 2. The number of halogens is 2. The van der Waals surface area contributed by atoms with Crippen LogP contribution in [0.2, 0.25) is 5.15 Å². The van der Waals surface area contributed by atoms with E-state index in [0.717, 1.165) is 11.6 Å². The Hall–Kier alpha value is -2.01. The number of pyridine rings is 2. The lowest BCUT2D eigenvalue weighted by atomic mass is 10.3. The minimum Gasteiger partial charge on any atom is -0.318 e. The standard InChI is InChI=1S/C12H9ClFN3O/c1-7-5-9(11(13)15-6-7)17-12(18)8-3-2-4-10(14)16-8/h2-6H,1H3,(H,17,18). The molecule has 92 valence electrons. The molecule has 0 saturated carbocycles. The number of hydrogen-bond donors (Lipinski definition) is 1. The van der Waals surface area contributed by atoms with Crippen LogP contribution in [0.3, 0.4) is 0 Å². The molecular weight excluding hydrogens is 257 g/mol. The van der Waals surface area contributed by atoms with Crippen LogP contribution in [0.1, 0.15) is 16.1 Å². The maximum Gasteiger partial charge on any atom is 0.274 e. The van der Waals surface area contributed by atoms with Crippen LogP contribution >= 0.6 is 11.6 Å². The van der Waals surface area contributed by atoms with Crippen LogP contribution in [0.5, 0.6) is 0 Å². The molecule has 0 aromatic carbocycles. The highest BCUT2D eigenvalue weighted by Gasteiger charge is 2.11. The van der Waals surface area contributed by atoms with Crippen molar-refractivity contribution in [1.82, 2.24) is 9.97 Å². The number of anilines is 1. The van der Waals surface area contributed by atoms with Crippen molar-refractivity contribution in [2.45, 2.75) is 6.92 Å². The minimum absolute atomic E-state index is 0.0208. The molecule has 2 aromatic rings. The molecule has 0 spiro atoms. The molecule has 0 atom stereocenters. The molecule has 2 rings (SSSR count). The van der Waals surface area contributed by atoms with Crippen molar-refractivity contribution >= 4 is 23.2 Å². The number of amides is 1. The van der Waals surface area contributed by atoms with E-state index in [0.29, 0.717) is 5.69 Å². The third kappa shape index (κ3) is 2.81. The van der Waals surface area contributed by atoms with Crippen molar-refractivity contribution < 1.29 is 9.18 Å². The van der Waals surface area contributed by atoms with E-state index in [9.17, 15) is 9.18 Å². The van der Waals surface area contributed by atoms with Gasteiger partial charge in [-0.2, -0.15) is 4.39 Å². The summed E-state index contributed by atoms with van der Waals surface area (Å²) in [5.41, 5.74) is 1.20. The maximum atomic E-state index is 12.9. The van der Waals surface area contributed by atoms with Gasteiger partial charge in [0, 0.05) is 6.20 Å². The third-order valence-corrected chi connectivity index (χ3v) is 2.47. The summed E-state index contributed by atoms with van der Waals surface area (Å²) in [4.78, 5) is 19.2. The zero-order valence-electron chi connectivity index (χ0n) is 9.45. The molecule has 0 fully saturated rings. The monoisotopic (exact) mass is 265 g/mol. The van der Waals surface area contributed by atoms with Gasteiger partial charge in [-0.1, -0.05) is 17.7 Å². The van der Waals surface area contributed by atoms with E-state index in [4.69, 9.17) is 11.6 Å². The molecule has 6 heteroatoms. The summed E-state index contributed by atoms with van der Waals surface area (Å²) in [6, 6.07) is 5.66. The van der Waals surface area contributed by atoms with Crippen LogP contribution in [-0.2, 0) is 0 Å². The Morgan fingerprint density at radius 2 is 2.22 bits per heavy atom. The van der Waals surface area contributed by atoms with E-state index in [-0.39, 0.29) is 10.8 Å². The molecule has 0 unspecified atom stereocenters. The van der Waals surface area contributed by atoms with E-state index in [2.05, 4.69) is 15.3 Å². The van der Waals surface area contributed by atoms with E-state index < -0.39 is 11.9 Å². The molecule has 0 aliphatic carbocycles. The van der Waals surface area contributed by atoms with Crippen LogP contribution < -0.4 is 5.32 Å². The van der Waals surface area contributed by atoms with E-state index in [1.165, 1.54) is 12.1 Å². The van der Waals surface area contributed by atoms with Gasteiger partial charge in [0.2, 0.25) is 5.95 Å². The molecule has 2 heterocycles. The lowest BCUT2D eigenvalue weighted by molar-refractivity contribution is 0.102. The van der Waals surface area contributed by atoms with Crippen LogP contribution in [0.15, 0.2) is 30.5 Å². The number of aromatic nitrogens is 2. The lowest BCUT2D eigenvalue weighted by Gasteiger charge is -2.06. The average Bonchev–Trinajstić information content (AvgIpc) is 2.34. The van der Waals surface area contributed by atoms with Gasteiger partial charge < -0.3 is 5.32 Å². The van der Waals surface area contributed by atoms with Crippen molar-refractivity contribution in [3.05, 3.63) is 52.8 Å². The molecule has 0 saturated heterocycles. The first-order chi connectivity index (χ1) is 8.56. The Labute approximate surface area is 108 Å². The summed E-state index contributed by atoms with van der Waals surface area (Å²) in [6.07, 6.45) is 1.58. The smallest absolute Gasteiger partial charge is 0.274 e. The summed E-state index contributed by atoms with van der Waals surface area (Å²) in [7, 11) is 0. The highest BCUT2D eigenvalue weighted by Crippen LogP contribution is 2.20. The number of carbonyl (C=O) groups is 1. The maximum absolute atomic E-state index is 12.9. The number of aryl methyl sites for hydroxylation is 1. The fourth-order valence-electron chi connectivity index (χ4n) is 1.36. The summed E-state index contributed by atoms with van der Waals surface area (Å²) < 4.78 is 12.9. The Morgan fingerprint density at radius 3 is 2.94 bits per heavy atom. The molecule has 18 heavy (non-hydrogen) atoms. The van der Waals surface area contributed by atoms with Gasteiger partial charge in [-0.3, -0.25) is 4.79 Å². The fraction of sp³-hybridized carbons (Fsp3) is 0.0833. The summed E-state index contributed by atoms with van der Waals surface area (Å²) in [5.74, 6) is -1.25. The Balaban J connectivity index is 2.24. The minimum atomic E-state index is -0.712. The molecule has 2 aromatic heterocycles. The number of carbonyl (C=O) groups excluding carboxylic acids is 1. The first kappa shape index (κ1) is 12.4. The highest BCUT2D eigenvalue weighted by molar-refractivity contribution is 6.32. The molecular formula is C12H9ClFN3O. The number of nitrogens with one attached hydrogen (secondary N) is 1. The van der Waals surface area contributed by atoms with Gasteiger partial charge in [0.05, 0.1) is 5.69 Å². The van der Waals surface area contributed by atoms with E-state index in [1.54, 1.807) is 12.3 Å². The highest BCUT2D eigenvalue weighted by atomic mass is 35.5. The second-order valence-electron chi connectivity index (χ2n) is 3.65. The van der Waals surface area contributed by atoms with Gasteiger partial charge in [-0.25, -0.2) is 9.97 Å². The normalized spacial score (nSPS) is 10.2. The molecule has 0 aliphatic heterocycles. The molecule has 4 nitrogen and oxygen atoms in total. The number of rotatable bonds is 2. The lowest BCUT2D eigenvalue weighted by Crippen LogP contribution is -2.14. The molecule has 1 N–H and O–H groups in total. The van der Waals surface area contributed by atoms with E-state index in [1.807, 2.05) is 6.92 Å². The van der Waals surface area contributed by atoms with Gasteiger partial charge in [0.1, 0.15) is 5.69 Å². The second-order valence-corrected chi connectivity index (χ2v) is 4.01. The van der Waals surface area contributed by atoms with Gasteiger partial charge >= 0.3 is 0 Å². The van der Waals surface area contributed by atoms with Crippen molar-refractivity contribution in [1.29, 1.82) is 0 Å². The number of hydrogen-bond acceptors (Lipinski definition) is 3. The van der Waals surface area contributed by atoms with Crippen molar-refractivity contribution in [3.63, 3.8) is 0 Å². The van der Waals surface area contributed by atoms with Gasteiger partial charge in [0.25, 0.3) is 5.91 Å². The Kier molecular flexibility index (Phi) is 3.53. The largest absolute Gasteiger partial charge is 0.318 e. The average molecular weight is 266 g/mol. The predicted molar refractivity (Wildman–Crippen MR) is 66.1 cm³/mol. The Morgan fingerprint density at radius 1 is 1.44 bits per heavy atom. The fourth-order valence-corrected chi connectivity index (χ4v) is 1.51. The third-order valence-electron chi connectivity index (χ3n) is 2.17. The Bertz CT molecular complexity index is 604. The molecule has 0 radical (unpaired) electrons. The first-order valence-electron chi connectivity index (χ1n) is 5.12. The summed E-state index contributed by atoms with van der Waals surface area (Å²) >= 11 is 5.84.